The Labute approximate surface area is 160 Å². The molecule has 0 aliphatic carbocycles. The van der Waals surface area contributed by atoms with Crippen molar-refractivity contribution in [3.63, 3.8) is 0 Å². The predicted octanol–water partition coefficient (Wildman–Crippen LogP) is 0.639. The van der Waals surface area contributed by atoms with E-state index in [0.29, 0.717) is 32.8 Å². The molecule has 2 fully saturated rings. The summed E-state index contributed by atoms with van der Waals surface area (Å²) in [6, 6.07) is 7.23. The smallest absolute Gasteiger partial charge is 0.237 e. The van der Waals surface area contributed by atoms with Crippen LogP contribution in [0.25, 0.3) is 0 Å². The van der Waals surface area contributed by atoms with Gasteiger partial charge in [-0.15, -0.1) is 12.4 Å². The van der Waals surface area contributed by atoms with Crippen LogP contribution in [-0.2, 0) is 31.9 Å². The topological polar surface area (TPSA) is 87.7 Å². The normalized spacial score (nSPS) is 21.2. The molecule has 2 N–H and O–H groups in total. The minimum atomic E-state index is -3.38. The van der Waals surface area contributed by atoms with Crippen LogP contribution in [0, 0.1) is 0 Å². The summed E-state index contributed by atoms with van der Waals surface area (Å²) in [5, 5.41) is 6.08. The van der Waals surface area contributed by atoms with Crippen molar-refractivity contribution in [3.05, 3.63) is 35.4 Å². The molecule has 2 aliphatic heterocycles. The maximum Gasteiger partial charge on any atom is 0.237 e. The highest BCUT2D eigenvalue weighted by molar-refractivity contribution is 7.88. The lowest BCUT2D eigenvalue weighted by Gasteiger charge is -2.26. The molecule has 1 aromatic carbocycles. The molecule has 2 aliphatic rings. The molecule has 2 heterocycles. The van der Waals surface area contributed by atoms with Crippen LogP contribution in [0.15, 0.2) is 24.3 Å². The highest BCUT2D eigenvalue weighted by atomic mass is 35.5. The number of amides is 1. The van der Waals surface area contributed by atoms with E-state index < -0.39 is 10.0 Å². The average molecular weight is 404 g/mol. The number of nitrogens with one attached hydrogen (secondary N) is 2. The van der Waals surface area contributed by atoms with Gasteiger partial charge < -0.3 is 15.4 Å². The molecule has 9 heteroatoms. The lowest BCUT2D eigenvalue weighted by atomic mass is 10.1. The second-order valence-electron chi connectivity index (χ2n) is 6.40. The lowest BCUT2D eigenvalue weighted by Crippen LogP contribution is -2.41. The van der Waals surface area contributed by atoms with Crippen molar-refractivity contribution in [1.29, 1.82) is 0 Å². The van der Waals surface area contributed by atoms with Crippen molar-refractivity contribution in [2.75, 3.05) is 32.8 Å². The molecule has 146 valence electrons. The summed E-state index contributed by atoms with van der Waals surface area (Å²) in [5.74, 6) is -0.0795. The van der Waals surface area contributed by atoms with Crippen molar-refractivity contribution in [1.82, 2.24) is 14.9 Å². The Balaban J connectivity index is 0.00000243. The Morgan fingerprint density at radius 1 is 1.23 bits per heavy atom. The van der Waals surface area contributed by atoms with Crippen LogP contribution in [0.4, 0.5) is 0 Å². The van der Waals surface area contributed by atoms with Gasteiger partial charge in [0.05, 0.1) is 25.0 Å². The second kappa shape index (κ2) is 9.66. The van der Waals surface area contributed by atoms with Gasteiger partial charge in [-0.2, -0.15) is 4.31 Å². The van der Waals surface area contributed by atoms with Crippen LogP contribution in [0.1, 0.15) is 24.0 Å². The minimum absolute atomic E-state index is 0. The number of nitrogens with zero attached hydrogens (tertiary/aromatic N) is 1. The Morgan fingerprint density at radius 2 is 1.92 bits per heavy atom. The zero-order chi connectivity index (χ0) is 17.7. The summed E-state index contributed by atoms with van der Waals surface area (Å²) in [7, 11) is -3.38. The maximum absolute atomic E-state index is 12.6. The summed E-state index contributed by atoms with van der Waals surface area (Å²) in [5.41, 5.74) is 1.57. The van der Waals surface area contributed by atoms with Gasteiger partial charge in [-0.25, -0.2) is 8.42 Å². The van der Waals surface area contributed by atoms with Gasteiger partial charge in [0, 0.05) is 19.6 Å². The van der Waals surface area contributed by atoms with Crippen LogP contribution in [0.5, 0.6) is 0 Å². The van der Waals surface area contributed by atoms with E-state index >= 15 is 0 Å². The number of hydrogen-bond donors (Lipinski definition) is 2. The van der Waals surface area contributed by atoms with Gasteiger partial charge in [-0.1, -0.05) is 24.3 Å². The summed E-state index contributed by atoms with van der Waals surface area (Å²) < 4.78 is 32.0. The largest absolute Gasteiger partial charge is 0.379 e. The first-order chi connectivity index (χ1) is 12.1. The molecule has 0 saturated carbocycles. The molecule has 1 unspecified atom stereocenters. The van der Waals surface area contributed by atoms with E-state index in [4.69, 9.17) is 4.74 Å². The number of carbonyl (C=O) groups excluding carboxylic acids is 1. The zero-order valence-corrected chi connectivity index (χ0v) is 16.3. The molecule has 26 heavy (non-hydrogen) atoms. The predicted molar refractivity (Wildman–Crippen MR) is 102 cm³/mol. The summed E-state index contributed by atoms with van der Waals surface area (Å²) in [6.07, 6.45) is 1.85. The molecular formula is C17H26ClN3O4S. The van der Waals surface area contributed by atoms with Crippen LogP contribution < -0.4 is 10.6 Å². The van der Waals surface area contributed by atoms with Crippen molar-refractivity contribution in [2.45, 2.75) is 31.2 Å². The molecule has 7 nitrogen and oxygen atoms in total. The van der Waals surface area contributed by atoms with Gasteiger partial charge in [0.2, 0.25) is 15.9 Å². The van der Waals surface area contributed by atoms with E-state index in [1.807, 2.05) is 24.3 Å². The molecule has 2 saturated heterocycles. The molecular weight excluding hydrogens is 378 g/mol. The number of rotatable bonds is 6. The van der Waals surface area contributed by atoms with E-state index in [1.165, 1.54) is 4.31 Å². The standard InChI is InChI=1S/C17H25N3O4S.ClH/c21-17(16-6-3-7-18-16)19-12-14-4-1-2-5-15(14)13-25(22,23)20-8-10-24-11-9-20;/h1-2,4-5,16,18H,3,6-13H2,(H,19,21);1H. The lowest BCUT2D eigenvalue weighted by molar-refractivity contribution is -0.122. The van der Waals surface area contributed by atoms with Crippen LogP contribution in [0.3, 0.4) is 0 Å². The monoisotopic (exact) mass is 403 g/mol. The Hall–Kier alpha value is -1.19. The van der Waals surface area contributed by atoms with E-state index in [1.54, 1.807) is 0 Å². The van der Waals surface area contributed by atoms with E-state index in [9.17, 15) is 13.2 Å². The van der Waals surface area contributed by atoms with Crippen molar-refractivity contribution in [3.8, 4) is 0 Å². The maximum atomic E-state index is 12.6. The molecule has 0 bridgehead atoms. The third kappa shape index (κ3) is 5.40. The van der Waals surface area contributed by atoms with Gasteiger partial charge in [0.1, 0.15) is 0 Å². The number of benzene rings is 1. The van der Waals surface area contributed by atoms with Crippen molar-refractivity contribution >= 4 is 28.3 Å². The first-order valence-corrected chi connectivity index (χ1v) is 10.3. The number of ether oxygens (including phenoxy) is 1. The fraction of sp³-hybridized carbons (Fsp3) is 0.588. The fourth-order valence-corrected chi connectivity index (χ4v) is 4.76. The van der Waals surface area contributed by atoms with E-state index in [0.717, 1.165) is 30.5 Å². The van der Waals surface area contributed by atoms with Gasteiger partial charge >= 0.3 is 0 Å². The molecule has 1 amide bonds. The Bertz CT molecular complexity index is 702. The third-order valence-corrected chi connectivity index (χ3v) is 6.48. The fourth-order valence-electron chi connectivity index (χ4n) is 3.20. The van der Waals surface area contributed by atoms with Gasteiger partial charge in [-0.3, -0.25) is 4.79 Å². The Morgan fingerprint density at radius 3 is 2.58 bits per heavy atom. The molecule has 1 atom stereocenters. The van der Waals surface area contributed by atoms with Gasteiger partial charge in [0.15, 0.2) is 0 Å². The third-order valence-electron chi connectivity index (χ3n) is 4.65. The summed E-state index contributed by atoms with van der Waals surface area (Å²) >= 11 is 0. The summed E-state index contributed by atoms with van der Waals surface area (Å²) in [4.78, 5) is 12.1. The van der Waals surface area contributed by atoms with Gasteiger partial charge in [0.25, 0.3) is 0 Å². The first-order valence-electron chi connectivity index (χ1n) is 8.70. The number of morpholine rings is 1. The molecule has 1 aromatic rings. The second-order valence-corrected chi connectivity index (χ2v) is 8.37. The number of carbonyl (C=O) groups is 1. The van der Waals surface area contributed by atoms with E-state index in [-0.39, 0.29) is 30.1 Å². The van der Waals surface area contributed by atoms with Crippen molar-refractivity contribution in [2.24, 2.45) is 0 Å². The van der Waals surface area contributed by atoms with Crippen LogP contribution >= 0.6 is 12.4 Å². The molecule has 0 spiro atoms. The molecule has 0 radical (unpaired) electrons. The van der Waals surface area contributed by atoms with E-state index in [2.05, 4.69) is 10.6 Å². The van der Waals surface area contributed by atoms with Crippen molar-refractivity contribution < 1.29 is 17.9 Å². The number of hydrogen-bond acceptors (Lipinski definition) is 5. The van der Waals surface area contributed by atoms with Crippen LogP contribution in [-0.4, -0.2) is 57.5 Å². The highest BCUT2D eigenvalue weighted by Gasteiger charge is 2.26. The number of halogens is 1. The van der Waals surface area contributed by atoms with Crippen LogP contribution in [0.2, 0.25) is 0 Å². The first kappa shape index (κ1) is 21.1. The number of sulfonamides is 1. The Kier molecular flexibility index (Phi) is 7.85. The highest BCUT2D eigenvalue weighted by Crippen LogP contribution is 2.17. The quantitative estimate of drug-likeness (QED) is 0.727. The SMILES string of the molecule is Cl.O=C(NCc1ccccc1CS(=O)(=O)N1CCOCC1)C1CCCN1. The summed E-state index contributed by atoms with van der Waals surface area (Å²) in [6.45, 7) is 2.87. The average Bonchev–Trinajstić information content (AvgIpc) is 3.16. The molecule has 0 aromatic heterocycles. The minimum Gasteiger partial charge on any atom is -0.379 e. The molecule has 3 rings (SSSR count). The van der Waals surface area contributed by atoms with Gasteiger partial charge in [-0.05, 0) is 30.5 Å². The zero-order valence-electron chi connectivity index (χ0n) is 14.6.